The van der Waals surface area contributed by atoms with Gasteiger partial charge in [0.1, 0.15) is 0 Å². The Morgan fingerprint density at radius 3 is 2.59 bits per heavy atom. The Labute approximate surface area is 168 Å². The first-order valence-electron chi connectivity index (χ1n) is 8.10. The molecule has 0 saturated carbocycles. The van der Waals surface area contributed by atoms with Gasteiger partial charge in [0.2, 0.25) is 12.3 Å². The molecule has 0 atom stereocenters. The third kappa shape index (κ3) is 5.57. The average Bonchev–Trinajstić information content (AvgIpc) is 3.19. The maximum atomic E-state index is 12.2. The molecule has 0 radical (unpaired) electrons. The quantitative estimate of drug-likeness (QED) is 0.514. The Hall–Kier alpha value is -1.84. The fraction of sp³-hybridized carbons (Fsp3) is 0.278. The van der Waals surface area contributed by atoms with Gasteiger partial charge in [-0.25, -0.2) is 18.7 Å². The van der Waals surface area contributed by atoms with E-state index in [4.69, 9.17) is 0 Å². The highest BCUT2D eigenvalue weighted by Gasteiger charge is 2.13. The molecule has 1 aromatic carbocycles. The van der Waals surface area contributed by atoms with Crippen molar-refractivity contribution in [1.82, 2.24) is 9.97 Å². The fourth-order valence-corrected chi connectivity index (χ4v) is 4.74. The van der Waals surface area contributed by atoms with Crippen LogP contribution in [0.4, 0.5) is 13.9 Å². The second-order valence-corrected chi connectivity index (χ2v) is 8.91. The van der Waals surface area contributed by atoms with Crippen molar-refractivity contribution in [3.63, 3.8) is 0 Å². The summed E-state index contributed by atoms with van der Waals surface area (Å²) >= 11 is 4.05. The topological polar surface area (TPSA) is 54.9 Å². The highest BCUT2D eigenvalue weighted by atomic mass is 32.2. The number of aromatic nitrogens is 2. The SMILES string of the molecule is Cc1nc(C)c(-c2csc(NC(=O)Cc3ccc(SCC(F)F)cc3)n2)s1. The second kappa shape index (κ2) is 8.90. The molecule has 3 aromatic rings. The smallest absolute Gasteiger partial charge is 0.247 e. The minimum absolute atomic E-state index is 0.166. The van der Waals surface area contributed by atoms with Crippen molar-refractivity contribution in [2.45, 2.75) is 31.6 Å². The first-order chi connectivity index (χ1) is 12.9. The van der Waals surface area contributed by atoms with Crippen LogP contribution in [0.25, 0.3) is 10.6 Å². The number of nitrogens with zero attached hydrogens (tertiary/aromatic N) is 2. The van der Waals surface area contributed by atoms with Crippen LogP contribution in [-0.4, -0.2) is 28.1 Å². The van der Waals surface area contributed by atoms with Crippen LogP contribution in [0.2, 0.25) is 0 Å². The van der Waals surface area contributed by atoms with E-state index in [2.05, 4.69) is 15.3 Å². The van der Waals surface area contributed by atoms with E-state index in [0.717, 1.165) is 43.5 Å². The average molecular weight is 426 g/mol. The predicted molar refractivity (Wildman–Crippen MR) is 108 cm³/mol. The molecule has 9 heteroatoms. The molecule has 2 aromatic heterocycles. The van der Waals surface area contributed by atoms with Crippen molar-refractivity contribution in [2.24, 2.45) is 0 Å². The summed E-state index contributed by atoms with van der Waals surface area (Å²) in [7, 11) is 0. The van der Waals surface area contributed by atoms with Crippen LogP contribution in [0.3, 0.4) is 0 Å². The number of amides is 1. The van der Waals surface area contributed by atoms with Gasteiger partial charge in [-0.05, 0) is 31.5 Å². The van der Waals surface area contributed by atoms with E-state index in [9.17, 15) is 13.6 Å². The van der Waals surface area contributed by atoms with Gasteiger partial charge in [-0.15, -0.1) is 34.4 Å². The van der Waals surface area contributed by atoms with Crippen LogP contribution in [0.5, 0.6) is 0 Å². The first-order valence-corrected chi connectivity index (χ1v) is 10.8. The summed E-state index contributed by atoms with van der Waals surface area (Å²) < 4.78 is 24.5. The van der Waals surface area contributed by atoms with Crippen molar-refractivity contribution in [3.05, 3.63) is 45.9 Å². The molecule has 0 unspecified atom stereocenters. The summed E-state index contributed by atoms with van der Waals surface area (Å²) in [6.45, 7) is 3.90. The number of anilines is 1. The van der Waals surface area contributed by atoms with Crippen molar-refractivity contribution in [3.8, 4) is 10.6 Å². The highest BCUT2D eigenvalue weighted by molar-refractivity contribution is 7.99. The van der Waals surface area contributed by atoms with E-state index in [1.54, 1.807) is 35.6 Å². The summed E-state index contributed by atoms with van der Waals surface area (Å²) in [5.74, 6) is -0.397. The number of nitrogens with one attached hydrogen (secondary N) is 1. The van der Waals surface area contributed by atoms with Crippen molar-refractivity contribution in [1.29, 1.82) is 0 Å². The minimum Gasteiger partial charge on any atom is -0.302 e. The molecule has 0 aliphatic carbocycles. The lowest BCUT2D eigenvalue weighted by Crippen LogP contribution is -2.14. The Balaban J connectivity index is 1.57. The number of alkyl halides is 2. The number of halogens is 2. The van der Waals surface area contributed by atoms with Gasteiger partial charge in [-0.1, -0.05) is 12.1 Å². The number of thioether (sulfide) groups is 1. The van der Waals surface area contributed by atoms with E-state index in [1.165, 1.54) is 11.3 Å². The Kier molecular flexibility index (Phi) is 6.56. The largest absolute Gasteiger partial charge is 0.302 e. The van der Waals surface area contributed by atoms with Crippen LogP contribution < -0.4 is 5.32 Å². The van der Waals surface area contributed by atoms with E-state index < -0.39 is 6.43 Å². The zero-order valence-electron chi connectivity index (χ0n) is 14.7. The van der Waals surface area contributed by atoms with Gasteiger partial charge in [0.15, 0.2) is 5.13 Å². The molecular weight excluding hydrogens is 408 g/mol. The number of carbonyl (C=O) groups is 1. The van der Waals surface area contributed by atoms with E-state index in [0.29, 0.717) is 5.13 Å². The van der Waals surface area contributed by atoms with Gasteiger partial charge in [-0.3, -0.25) is 4.79 Å². The van der Waals surface area contributed by atoms with Gasteiger partial charge in [0.25, 0.3) is 0 Å². The molecule has 1 N–H and O–H groups in total. The van der Waals surface area contributed by atoms with Gasteiger partial charge in [0.05, 0.1) is 33.4 Å². The van der Waals surface area contributed by atoms with Crippen molar-refractivity contribution in [2.75, 3.05) is 11.1 Å². The Bertz CT molecular complexity index is 922. The predicted octanol–water partition coefficient (Wildman–Crippen LogP) is 5.42. The van der Waals surface area contributed by atoms with Crippen molar-refractivity contribution < 1.29 is 13.6 Å². The van der Waals surface area contributed by atoms with Crippen LogP contribution in [0.15, 0.2) is 34.5 Å². The van der Waals surface area contributed by atoms with Gasteiger partial charge >= 0.3 is 0 Å². The number of rotatable bonds is 7. The summed E-state index contributed by atoms with van der Waals surface area (Å²) in [6, 6.07) is 7.08. The number of thiazole rings is 2. The number of hydrogen-bond donors (Lipinski definition) is 1. The maximum Gasteiger partial charge on any atom is 0.247 e. The molecule has 0 spiro atoms. The molecular formula is C18H17F2N3OS3. The summed E-state index contributed by atoms with van der Waals surface area (Å²) in [5, 5.41) is 6.25. The zero-order valence-corrected chi connectivity index (χ0v) is 17.1. The van der Waals surface area contributed by atoms with Gasteiger partial charge in [0, 0.05) is 10.3 Å². The van der Waals surface area contributed by atoms with Gasteiger partial charge < -0.3 is 5.32 Å². The molecule has 3 rings (SSSR count). The molecule has 0 aliphatic heterocycles. The monoisotopic (exact) mass is 425 g/mol. The Morgan fingerprint density at radius 2 is 1.96 bits per heavy atom. The lowest BCUT2D eigenvalue weighted by atomic mass is 10.1. The number of hydrogen-bond acceptors (Lipinski definition) is 6. The Morgan fingerprint density at radius 1 is 1.22 bits per heavy atom. The number of benzene rings is 1. The van der Waals surface area contributed by atoms with Gasteiger partial charge in [-0.2, -0.15) is 0 Å². The molecule has 0 aliphatic rings. The number of aryl methyl sites for hydroxylation is 2. The number of carbonyl (C=O) groups excluding carboxylic acids is 1. The third-order valence-corrected chi connectivity index (χ3v) is 6.43. The standard InChI is InChI=1S/C18H17F2N3OS3/c1-10-17(27-11(2)21-10)14-8-26-18(22-14)23-16(24)7-12-3-5-13(6-4-12)25-9-15(19)20/h3-6,8,15H,7,9H2,1-2H3,(H,22,23,24). The van der Waals surface area contributed by atoms with Crippen LogP contribution in [0, 0.1) is 13.8 Å². The third-order valence-electron chi connectivity index (χ3n) is 3.55. The summed E-state index contributed by atoms with van der Waals surface area (Å²) in [5.41, 5.74) is 2.57. The molecule has 4 nitrogen and oxygen atoms in total. The zero-order chi connectivity index (χ0) is 19.4. The molecule has 0 bridgehead atoms. The molecule has 1 amide bonds. The normalized spacial score (nSPS) is 11.1. The lowest BCUT2D eigenvalue weighted by molar-refractivity contribution is -0.115. The molecule has 27 heavy (non-hydrogen) atoms. The van der Waals surface area contributed by atoms with Crippen LogP contribution in [0.1, 0.15) is 16.3 Å². The minimum atomic E-state index is -2.33. The highest BCUT2D eigenvalue weighted by Crippen LogP contribution is 2.32. The fourth-order valence-electron chi connectivity index (χ4n) is 2.42. The first kappa shape index (κ1) is 19.9. The van der Waals surface area contributed by atoms with E-state index in [-0.39, 0.29) is 18.1 Å². The molecule has 142 valence electrons. The maximum absolute atomic E-state index is 12.2. The second-order valence-electron chi connectivity index (χ2n) is 5.76. The lowest BCUT2D eigenvalue weighted by Gasteiger charge is -2.04. The molecule has 2 heterocycles. The summed E-state index contributed by atoms with van der Waals surface area (Å²) in [6.07, 6.45) is -2.13. The van der Waals surface area contributed by atoms with E-state index in [1.807, 2.05) is 19.2 Å². The van der Waals surface area contributed by atoms with E-state index >= 15 is 0 Å². The van der Waals surface area contributed by atoms with Crippen molar-refractivity contribution >= 4 is 45.5 Å². The van der Waals surface area contributed by atoms with Crippen LogP contribution >= 0.6 is 34.4 Å². The summed E-state index contributed by atoms with van der Waals surface area (Å²) in [4.78, 5) is 22.9. The molecule has 0 saturated heterocycles. The molecule has 0 fully saturated rings. The van der Waals surface area contributed by atoms with Crippen LogP contribution in [-0.2, 0) is 11.2 Å².